The number of benzene rings is 2. The van der Waals surface area contributed by atoms with Crippen molar-refractivity contribution in [2.45, 2.75) is 47.2 Å². The van der Waals surface area contributed by atoms with Gasteiger partial charge in [-0.25, -0.2) is 19.1 Å². The summed E-state index contributed by atoms with van der Waals surface area (Å²) in [4.78, 5) is 45.4. The molecule has 0 saturated heterocycles. The summed E-state index contributed by atoms with van der Waals surface area (Å²) in [5, 5.41) is 0.577. The molecule has 0 aliphatic heterocycles. The Kier molecular flexibility index (Phi) is 8.51. The zero-order valence-corrected chi connectivity index (χ0v) is 21.4. The van der Waals surface area contributed by atoms with Crippen LogP contribution in [0, 0.1) is 18.8 Å². The molecule has 0 fully saturated rings. The minimum absolute atomic E-state index is 0.0928. The highest BCUT2D eigenvalue weighted by Gasteiger charge is 2.18. The van der Waals surface area contributed by atoms with Crippen LogP contribution < -0.4 is 17.0 Å². The Balaban J connectivity index is 2.15. The number of esters is 1. The van der Waals surface area contributed by atoms with Crippen LogP contribution in [0.3, 0.4) is 0 Å². The van der Waals surface area contributed by atoms with Crippen LogP contribution in [0.1, 0.15) is 37.5 Å². The molecule has 8 nitrogen and oxygen atoms in total. The predicted molar refractivity (Wildman–Crippen MR) is 136 cm³/mol. The molecular weight excluding hydrogens is 468 g/mol. The smallest absolute Gasteiger partial charge is 0.335 e. The number of carbonyl (C=O) groups excluding carboxylic acids is 1. The van der Waals surface area contributed by atoms with E-state index in [9.17, 15) is 14.4 Å². The van der Waals surface area contributed by atoms with E-state index in [2.05, 4.69) is 23.8 Å². The molecule has 1 aromatic heterocycles. The second kappa shape index (κ2) is 11.4. The highest BCUT2D eigenvalue weighted by molar-refractivity contribution is 6.31. The van der Waals surface area contributed by atoms with Gasteiger partial charge in [0.25, 0.3) is 0 Å². The summed E-state index contributed by atoms with van der Waals surface area (Å²) in [6.07, 6.45) is 0.831. The quantitative estimate of drug-likeness (QED) is 0.480. The van der Waals surface area contributed by atoms with E-state index in [1.54, 1.807) is 13.0 Å². The van der Waals surface area contributed by atoms with Gasteiger partial charge in [-0.2, -0.15) is 0 Å². The van der Waals surface area contributed by atoms with E-state index in [1.807, 2.05) is 43.3 Å². The molecule has 0 unspecified atom stereocenters. The third-order valence-electron chi connectivity index (χ3n) is 5.60. The number of nitrogens with one attached hydrogen (secondary N) is 1. The van der Waals surface area contributed by atoms with Crippen LogP contribution in [-0.4, -0.2) is 27.2 Å². The van der Waals surface area contributed by atoms with Crippen LogP contribution in [-0.2, 0) is 29.0 Å². The average Bonchev–Trinajstić information content (AvgIpc) is 2.81. The first-order chi connectivity index (χ1) is 16.6. The van der Waals surface area contributed by atoms with Gasteiger partial charge in [-0.15, -0.1) is 0 Å². The number of aromatic nitrogens is 3. The summed E-state index contributed by atoms with van der Waals surface area (Å²) in [5.41, 5.74) is 2.32. The number of aryl methyl sites for hydroxylation is 1. The zero-order chi connectivity index (χ0) is 25.7. The van der Waals surface area contributed by atoms with Gasteiger partial charge < -0.3 is 4.74 Å². The summed E-state index contributed by atoms with van der Waals surface area (Å²) < 4.78 is 7.12. The van der Waals surface area contributed by atoms with Gasteiger partial charge in [0.2, 0.25) is 5.62 Å². The number of nitrogens with zero attached hydrogens (tertiary/aromatic N) is 3. The SMILES string of the molecule is COC(=O)[C@@H](C)Cn1c(=O)[nH]/c(=N\c2ccc(CC(C)C)c(Cl)c2)n(Cc2ccc(C)cc2)c1=O. The molecule has 35 heavy (non-hydrogen) atoms. The lowest BCUT2D eigenvalue weighted by Crippen LogP contribution is -2.51. The normalized spacial score (nSPS) is 12.7. The molecule has 0 spiro atoms. The van der Waals surface area contributed by atoms with Crippen LogP contribution >= 0.6 is 11.6 Å². The third kappa shape index (κ3) is 6.60. The van der Waals surface area contributed by atoms with Crippen molar-refractivity contribution >= 4 is 23.3 Å². The van der Waals surface area contributed by atoms with Crippen molar-refractivity contribution in [1.82, 2.24) is 14.1 Å². The first-order valence-corrected chi connectivity index (χ1v) is 11.9. The highest BCUT2D eigenvalue weighted by atomic mass is 35.5. The van der Waals surface area contributed by atoms with Crippen molar-refractivity contribution in [2.75, 3.05) is 7.11 Å². The number of ether oxygens (including phenoxy) is 1. The molecule has 1 atom stereocenters. The molecular formula is C26H31ClN4O4. The zero-order valence-electron chi connectivity index (χ0n) is 20.7. The molecule has 0 bridgehead atoms. The Morgan fingerprint density at radius 3 is 2.37 bits per heavy atom. The van der Waals surface area contributed by atoms with Crippen molar-refractivity contribution in [3.63, 3.8) is 0 Å². The Labute approximate surface area is 208 Å². The van der Waals surface area contributed by atoms with Crippen molar-refractivity contribution in [3.05, 3.63) is 90.8 Å². The largest absolute Gasteiger partial charge is 0.469 e. The van der Waals surface area contributed by atoms with Crippen molar-refractivity contribution < 1.29 is 9.53 Å². The number of halogens is 1. The fraction of sp³-hybridized carbons (Fsp3) is 0.385. The van der Waals surface area contributed by atoms with Gasteiger partial charge in [0.15, 0.2) is 0 Å². The Hall–Kier alpha value is -3.39. The summed E-state index contributed by atoms with van der Waals surface area (Å²) >= 11 is 6.46. The maximum Gasteiger partial charge on any atom is 0.335 e. The molecule has 9 heteroatoms. The van der Waals surface area contributed by atoms with Crippen molar-refractivity contribution in [2.24, 2.45) is 16.8 Å². The topological polar surface area (TPSA) is 98.4 Å². The molecule has 0 amide bonds. The summed E-state index contributed by atoms with van der Waals surface area (Å²) in [6.45, 7) is 7.87. The van der Waals surface area contributed by atoms with Gasteiger partial charge in [-0.1, -0.05) is 68.3 Å². The lowest BCUT2D eigenvalue weighted by molar-refractivity contribution is -0.145. The molecule has 3 rings (SSSR count). The molecule has 0 aliphatic rings. The second-order valence-electron chi connectivity index (χ2n) is 9.13. The monoisotopic (exact) mass is 498 g/mol. The fourth-order valence-electron chi connectivity index (χ4n) is 3.70. The molecule has 2 aromatic carbocycles. The van der Waals surface area contributed by atoms with Gasteiger partial charge >= 0.3 is 17.3 Å². The molecule has 1 N–H and O–H groups in total. The van der Waals surface area contributed by atoms with Gasteiger partial charge in [-0.3, -0.25) is 14.3 Å². The van der Waals surface area contributed by atoms with E-state index in [1.165, 1.54) is 11.7 Å². The molecule has 1 heterocycles. The van der Waals surface area contributed by atoms with Gasteiger partial charge in [0, 0.05) is 11.6 Å². The number of H-pyrrole nitrogens is 1. The lowest BCUT2D eigenvalue weighted by atomic mass is 10.0. The van der Waals surface area contributed by atoms with E-state index in [4.69, 9.17) is 16.3 Å². The van der Waals surface area contributed by atoms with Crippen molar-refractivity contribution in [1.29, 1.82) is 0 Å². The molecule has 186 valence electrons. The minimum atomic E-state index is -0.679. The summed E-state index contributed by atoms with van der Waals surface area (Å²) in [5.74, 6) is -0.740. The maximum absolute atomic E-state index is 13.4. The standard InChI is InChI=1S/C26H31ClN4O4/c1-16(2)12-20-10-11-21(13-22(20)27)28-24-29-25(33)31(14-18(4)23(32)35-5)26(34)30(24)15-19-8-6-17(3)7-9-19/h6-11,13,16,18H,12,14-15H2,1-5H3,(H,28,29,33)/t18-/m0/s1. The van der Waals surface area contributed by atoms with E-state index in [0.717, 1.165) is 27.7 Å². The van der Waals surface area contributed by atoms with E-state index in [0.29, 0.717) is 16.6 Å². The van der Waals surface area contributed by atoms with Crippen molar-refractivity contribution in [3.8, 4) is 0 Å². The summed E-state index contributed by atoms with van der Waals surface area (Å²) in [6, 6.07) is 13.2. The van der Waals surface area contributed by atoms with Crippen LogP contribution in [0.15, 0.2) is 57.0 Å². The Bertz CT molecular complexity index is 1380. The van der Waals surface area contributed by atoms with Crippen LogP contribution in [0.5, 0.6) is 0 Å². The summed E-state index contributed by atoms with van der Waals surface area (Å²) in [7, 11) is 1.27. The first kappa shape index (κ1) is 26.2. The second-order valence-corrected chi connectivity index (χ2v) is 9.54. The number of aromatic amines is 1. The van der Waals surface area contributed by atoms with Crippen LogP contribution in [0.4, 0.5) is 5.69 Å². The van der Waals surface area contributed by atoms with E-state index < -0.39 is 23.3 Å². The van der Waals surface area contributed by atoms with Gasteiger partial charge in [0.1, 0.15) is 0 Å². The number of rotatable bonds is 8. The number of hydrogen-bond acceptors (Lipinski definition) is 5. The Morgan fingerprint density at radius 1 is 1.09 bits per heavy atom. The molecule has 3 aromatic rings. The van der Waals surface area contributed by atoms with E-state index in [-0.39, 0.29) is 18.7 Å². The Morgan fingerprint density at radius 2 is 1.77 bits per heavy atom. The number of methoxy groups -OCH3 is 1. The molecule has 0 aliphatic carbocycles. The van der Waals surface area contributed by atoms with Gasteiger partial charge in [0.05, 0.1) is 25.3 Å². The molecule has 0 radical (unpaired) electrons. The van der Waals surface area contributed by atoms with Crippen LogP contribution in [0.25, 0.3) is 0 Å². The van der Waals surface area contributed by atoms with E-state index >= 15 is 0 Å². The third-order valence-corrected chi connectivity index (χ3v) is 5.95. The fourth-order valence-corrected chi connectivity index (χ4v) is 3.96. The number of carbonyl (C=O) groups is 1. The average molecular weight is 499 g/mol. The molecule has 0 saturated carbocycles. The highest BCUT2D eigenvalue weighted by Crippen LogP contribution is 2.24. The van der Waals surface area contributed by atoms with Gasteiger partial charge in [-0.05, 0) is 42.5 Å². The first-order valence-electron chi connectivity index (χ1n) is 11.5. The predicted octanol–water partition coefficient (Wildman–Crippen LogP) is 3.59. The lowest BCUT2D eigenvalue weighted by Gasteiger charge is -2.14. The minimum Gasteiger partial charge on any atom is -0.469 e. The maximum atomic E-state index is 13.4. The number of hydrogen-bond donors (Lipinski definition) is 1. The van der Waals surface area contributed by atoms with Crippen LogP contribution in [0.2, 0.25) is 5.02 Å².